The number of hydrogen-bond donors (Lipinski definition) is 1. The second-order valence-electron chi connectivity index (χ2n) is 1.84. The predicted octanol–water partition coefficient (Wildman–Crippen LogP) is -0.146. The summed E-state index contributed by atoms with van der Waals surface area (Å²) in [5.41, 5.74) is 0. The molecule has 0 saturated carbocycles. The molecule has 1 N–H and O–H groups in total. The molecule has 1 aliphatic heterocycles. The lowest BCUT2D eigenvalue weighted by atomic mass is 10.1. The normalized spacial score (nSPS) is 23.2. The molecule has 0 fully saturated rings. The van der Waals surface area contributed by atoms with Crippen LogP contribution in [0.15, 0.2) is 17.1 Å². The van der Waals surface area contributed by atoms with E-state index in [0.717, 1.165) is 12.3 Å². The third-order valence-corrected chi connectivity index (χ3v) is 1.09. The highest BCUT2D eigenvalue weighted by Gasteiger charge is 2.14. The molecule has 1 unspecified atom stereocenters. The van der Waals surface area contributed by atoms with Crippen molar-refractivity contribution < 1.29 is 14.7 Å². The van der Waals surface area contributed by atoms with Crippen LogP contribution in [0.3, 0.4) is 0 Å². The van der Waals surface area contributed by atoms with Gasteiger partial charge in [0.2, 0.25) is 0 Å². The van der Waals surface area contributed by atoms with Crippen molar-refractivity contribution in [1.29, 1.82) is 0 Å². The van der Waals surface area contributed by atoms with Gasteiger partial charge in [0.15, 0.2) is 0 Å². The van der Waals surface area contributed by atoms with E-state index >= 15 is 0 Å². The average Bonchev–Trinajstić information content (AvgIpc) is 1.88. The molecule has 1 aliphatic rings. The van der Waals surface area contributed by atoms with Crippen LogP contribution in [0, 0.1) is 5.92 Å². The van der Waals surface area contributed by atoms with E-state index in [1.54, 1.807) is 0 Å². The highest BCUT2D eigenvalue weighted by molar-refractivity contribution is 6.03. The van der Waals surface area contributed by atoms with E-state index in [2.05, 4.69) is 4.99 Å². The lowest BCUT2D eigenvalue weighted by Crippen LogP contribution is -2.15. The van der Waals surface area contributed by atoms with Gasteiger partial charge in [-0.3, -0.25) is 9.59 Å². The predicted molar refractivity (Wildman–Crippen MR) is 33.8 cm³/mol. The van der Waals surface area contributed by atoms with Crippen LogP contribution in [0.25, 0.3) is 0 Å². The van der Waals surface area contributed by atoms with Crippen molar-refractivity contribution in [3.05, 3.63) is 12.2 Å². The summed E-state index contributed by atoms with van der Waals surface area (Å²) in [6, 6.07) is 0. The summed E-state index contributed by atoms with van der Waals surface area (Å²) in [6.45, 7) is 0. The van der Waals surface area contributed by atoms with E-state index in [9.17, 15) is 9.59 Å². The Labute approximate surface area is 56.9 Å². The van der Waals surface area contributed by atoms with Crippen LogP contribution >= 0.6 is 0 Å². The van der Waals surface area contributed by atoms with E-state index in [-0.39, 0.29) is 0 Å². The van der Waals surface area contributed by atoms with Crippen LogP contribution in [0.4, 0.5) is 0 Å². The Morgan fingerprint density at radius 3 is 2.80 bits per heavy atom. The Balaban J connectivity index is 2.71. The monoisotopic (exact) mass is 139 g/mol. The summed E-state index contributed by atoms with van der Waals surface area (Å²) in [4.78, 5) is 23.9. The van der Waals surface area contributed by atoms with Gasteiger partial charge in [0, 0.05) is 12.3 Å². The van der Waals surface area contributed by atoms with Gasteiger partial charge in [0.25, 0.3) is 5.91 Å². The number of nitrogens with zero attached hydrogens (tertiary/aromatic N) is 1. The number of amides is 1. The first-order chi connectivity index (χ1) is 4.70. The third kappa shape index (κ3) is 1.28. The fourth-order valence-electron chi connectivity index (χ4n) is 0.579. The molecule has 1 atom stereocenters. The van der Waals surface area contributed by atoms with Crippen molar-refractivity contribution in [3.63, 3.8) is 0 Å². The van der Waals surface area contributed by atoms with Gasteiger partial charge in [-0.25, -0.2) is 4.99 Å². The van der Waals surface area contributed by atoms with Crippen LogP contribution in [-0.2, 0) is 9.59 Å². The van der Waals surface area contributed by atoms with Crippen molar-refractivity contribution in [2.75, 3.05) is 0 Å². The largest absolute Gasteiger partial charge is 0.481 e. The van der Waals surface area contributed by atoms with Gasteiger partial charge in [-0.2, -0.15) is 0 Å². The van der Waals surface area contributed by atoms with E-state index < -0.39 is 17.8 Å². The minimum atomic E-state index is -0.993. The van der Waals surface area contributed by atoms with Crippen LogP contribution in [0.1, 0.15) is 0 Å². The molecule has 10 heavy (non-hydrogen) atoms. The number of carboxylic acid groups (broad SMARTS) is 1. The lowest BCUT2D eigenvalue weighted by Gasteiger charge is -2.01. The molecule has 0 spiro atoms. The molecule has 0 aliphatic carbocycles. The molecule has 0 aromatic carbocycles. The first-order valence-corrected chi connectivity index (χ1v) is 2.69. The number of aliphatic imine (C=N–C) groups is 1. The van der Waals surface area contributed by atoms with Gasteiger partial charge in [0.1, 0.15) is 5.92 Å². The number of carbonyl (C=O) groups excluding carboxylic acids is 1. The Morgan fingerprint density at radius 2 is 2.40 bits per heavy atom. The molecule has 4 nitrogen and oxygen atoms in total. The van der Waals surface area contributed by atoms with Crippen LogP contribution in [0.5, 0.6) is 0 Å². The highest BCUT2D eigenvalue weighted by atomic mass is 16.4. The number of carbonyl (C=O) groups is 2. The number of aliphatic carboxylic acids is 1. The van der Waals surface area contributed by atoms with Crippen molar-refractivity contribution >= 4 is 18.1 Å². The van der Waals surface area contributed by atoms with E-state index in [1.807, 2.05) is 0 Å². The summed E-state index contributed by atoms with van der Waals surface area (Å²) in [5, 5.41) is 8.37. The Kier molecular flexibility index (Phi) is 1.62. The molecular formula is C6H5NO3. The van der Waals surface area contributed by atoms with E-state index in [1.165, 1.54) is 6.08 Å². The van der Waals surface area contributed by atoms with Gasteiger partial charge in [0.05, 0.1) is 0 Å². The van der Waals surface area contributed by atoms with E-state index in [4.69, 9.17) is 5.11 Å². The zero-order valence-electron chi connectivity index (χ0n) is 5.02. The van der Waals surface area contributed by atoms with Crippen LogP contribution < -0.4 is 0 Å². The molecular weight excluding hydrogens is 134 g/mol. The van der Waals surface area contributed by atoms with Gasteiger partial charge >= 0.3 is 5.97 Å². The van der Waals surface area contributed by atoms with Crippen molar-refractivity contribution in [3.8, 4) is 0 Å². The zero-order chi connectivity index (χ0) is 7.56. The zero-order valence-corrected chi connectivity index (χ0v) is 5.02. The standard InChI is InChI=1S/C6H5NO3/c8-5-2-1-4(3-7-5)6(9)10/h1-4H,(H,9,10). The van der Waals surface area contributed by atoms with Gasteiger partial charge in [-0.15, -0.1) is 0 Å². The topological polar surface area (TPSA) is 66.7 Å². The molecule has 52 valence electrons. The Morgan fingerprint density at radius 1 is 1.70 bits per heavy atom. The fraction of sp³-hybridized carbons (Fsp3) is 0.167. The summed E-state index contributed by atoms with van der Waals surface area (Å²) in [7, 11) is 0. The summed E-state index contributed by atoms with van der Waals surface area (Å²) in [5.74, 6) is -2.14. The third-order valence-electron chi connectivity index (χ3n) is 1.09. The van der Waals surface area contributed by atoms with Crippen molar-refractivity contribution in [2.45, 2.75) is 0 Å². The second kappa shape index (κ2) is 2.43. The first-order valence-electron chi connectivity index (χ1n) is 2.69. The maximum atomic E-state index is 10.4. The number of rotatable bonds is 1. The number of dihydropyridines is 1. The smallest absolute Gasteiger partial charge is 0.315 e. The number of carboxylic acids is 1. The van der Waals surface area contributed by atoms with E-state index in [0.29, 0.717) is 0 Å². The first kappa shape index (κ1) is 6.67. The SMILES string of the molecule is O=C1C=CC(C(=O)O)C=N1. The molecule has 0 radical (unpaired) electrons. The minimum absolute atomic E-state index is 0.405. The van der Waals surface area contributed by atoms with Crippen LogP contribution in [0.2, 0.25) is 0 Å². The highest BCUT2D eigenvalue weighted by Crippen LogP contribution is 2.01. The average molecular weight is 139 g/mol. The fourth-order valence-corrected chi connectivity index (χ4v) is 0.579. The maximum Gasteiger partial charge on any atom is 0.315 e. The van der Waals surface area contributed by atoms with Crippen LogP contribution in [-0.4, -0.2) is 23.2 Å². The molecule has 4 heteroatoms. The summed E-state index contributed by atoms with van der Waals surface area (Å²) in [6.07, 6.45) is 3.57. The Hall–Kier alpha value is -1.45. The molecule has 0 aromatic rings. The number of hydrogen-bond acceptors (Lipinski definition) is 2. The van der Waals surface area contributed by atoms with Gasteiger partial charge in [-0.1, -0.05) is 6.08 Å². The second-order valence-corrected chi connectivity index (χ2v) is 1.84. The molecule has 0 saturated heterocycles. The minimum Gasteiger partial charge on any atom is -0.481 e. The molecule has 0 aromatic heterocycles. The molecule has 1 amide bonds. The summed E-state index contributed by atoms with van der Waals surface area (Å²) < 4.78 is 0. The van der Waals surface area contributed by atoms with Crippen molar-refractivity contribution in [1.82, 2.24) is 0 Å². The van der Waals surface area contributed by atoms with Gasteiger partial charge in [-0.05, 0) is 0 Å². The maximum absolute atomic E-state index is 10.4. The molecule has 0 bridgehead atoms. The molecule has 1 heterocycles. The van der Waals surface area contributed by atoms with Gasteiger partial charge < -0.3 is 5.11 Å². The quantitative estimate of drug-likeness (QED) is 0.549. The molecule has 1 rings (SSSR count). The Bertz CT molecular complexity index is 213. The summed E-state index contributed by atoms with van der Waals surface area (Å²) >= 11 is 0. The van der Waals surface area contributed by atoms with Crippen molar-refractivity contribution in [2.24, 2.45) is 10.9 Å². The lowest BCUT2D eigenvalue weighted by molar-refractivity contribution is -0.137.